The fraction of sp³-hybridized carbons (Fsp3) is 0.364. The van der Waals surface area contributed by atoms with Crippen molar-refractivity contribution >= 4 is 17.8 Å². The average Bonchev–Trinajstić information content (AvgIpc) is 2.37. The molecule has 0 radical (unpaired) electrons. The first-order valence-corrected chi connectivity index (χ1v) is 5.83. The van der Waals surface area contributed by atoms with Crippen LogP contribution in [-0.4, -0.2) is 43.7 Å². The summed E-state index contributed by atoms with van der Waals surface area (Å²) < 4.78 is 0.882. The van der Waals surface area contributed by atoms with Gasteiger partial charge in [-0.2, -0.15) is 0 Å². The highest BCUT2D eigenvalue weighted by atomic mass is 16.4. The summed E-state index contributed by atoms with van der Waals surface area (Å²) in [5.41, 5.74) is -1.43. The second-order valence-corrected chi connectivity index (χ2v) is 4.13. The van der Waals surface area contributed by atoms with E-state index in [2.05, 4.69) is 5.32 Å². The number of amides is 1. The predicted molar refractivity (Wildman–Crippen MR) is 67.8 cm³/mol. The van der Waals surface area contributed by atoms with Crippen LogP contribution in [0.4, 0.5) is 0 Å². The van der Waals surface area contributed by atoms with Crippen LogP contribution in [-0.2, 0) is 20.9 Å². The first kappa shape index (κ1) is 16.1. The molecule has 21 heavy (non-hydrogen) atoms. The lowest BCUT2D eigenvalue weighted by molar-refractivity contribution is -0.143. The number of hydrogen-bond donors (Lipinski definition) is 4. The zero-order valence-electron chi connectivity index (χ0n) is 10.7. The van der Waals surface area contributed by atoms with E-state index in [1.165, 1.54) is 0 Å². The number of carbonyl (C=O) groups is 3. The lowest BCUT2D eigenvalue weighted by atomic mass is 10.1. The van der Waals surface area contributed by atoms with Gasteiger partial charge in [0.25, 0.3) is 5.56 Å². The summed E-state index contributed by atoms with van der Waals surface area (Å²) >= 11 is 0. The van der Waals surface area contributed by atoms with Crippen molar-refractivity contribution in [3.63, 3.8) is 0 Å². The highest BCUT2D eigenvalue weighted by Crippen LogP contribution is 1.98. The summed E-state index contributed by atoms with van der Waals surface area (Å²) in [5, 5.41) is 19.5. The maximum Gasteiger partial charge on any atom is 0.328 e. The number of hydrogen-bond acceptors (Lipinski definition) is 5. The Morgan fingerprint density at radius 2 is 1.95 bits per heavy atom. The Kier molecular flexibility index (Phi) is 5.40. The number of carboxylic acid groups (broad SMARTS) is 2. The minimum Gasteiger partial charge on any atom is -0.481 e. The summed E-state index contributed by atoms with van der Waals surface area (Å²) in [6.07, 6.45) is 0.389. The van der Waals surface area contributed by atoms with Gasteiger partial charge in [-0.05, 0) is 6.42 Å². The number of H-pyrrole nitrogens is 1. The summed E-state index contributed by atoms with van der Waals surface area (Å²) in [5.74, 6) is -3.35. The summed E-state index contributed by atoms with van der Waals surface area (Å²) in [6.45, 7) is -0.494. The van der Waals surface area contributed by atoms with Crippen molar-refractivity contribution in [3.05, 3.63) is 33.1 Å². The Morgan fingerprint density at radius 3 is 2.48 bits per heavy atom. The largest absolute Gasteiger partial charge is 0.481 e. The van der Waals surface area contributed by atoms with Gasteiger partial charge >= 0.3 is 17.6 Å². The van der Waals surface area contributed by atoms with E-state index in [1.807, 2.05) is 4.98 Å². The zero-order valence-corrected chi connectivity index (χ0v) is 10.7. The third-order valence-electron chi connectivity index (χ3n) is 2.49. The lowest BCUT2D eigenvalue weighted by Gasteiger charge is -2.13. The van der Waals surface area contributed by atoms with E-state index in [4.69, 9.17) is 10.2 Å². The van der Waals surface area contributed by atoms with Crippen molar-refractivity contribution in [1.29, 1.82) is 0 Å². The Bertz CT molecular complexity index is 660. The summed E-state index contributed by atoms with van der Waals surface area (Å²) in [7, 11) is 0. The van der Waals surface area contributed by atoms with Gasteiger partial charge in [0.15, 0.2) is 0 Å². The first-order valence-electron chi connectivity index (χ1n) is 5.83. The number of aromatic amines is 1. The van der Waals surface area contributed by atoms with Crippen LogP contribution in [0.2, 0.25) is 0 Å². The quantitative estimate of drug-likeness (QED) is 0.452. The topological polar surface area (TPSA) is 159 Å². The van der Waals surface area contributed by atoms with Crippen molar-refractivity contribution in [1.82, 2.24) is 14.9 Å². The predicted octanol–water partition coefficient (Wildman–Crippen LogP) is -2.03. The van der Waals surface area contributed by atoms with E-state index in [-0.39, 0.29) is 6.42 Å². The van der Waals surface area contributed by atoms with Crippen LogP contribution in [0.5, 0.6) is 0 Å². The van der Waals surface area contributed by atoms with Crippen molar-refractivity contribution in [3.8, 4) is 0 Å². The van der Waals surface area contributed by atoms with E-state index in [0.717, 1.165) is 16.8 Å². The van der Waals surface area contributed by atoms with Crippen molar-refractivity contribution < 1.29 is 24.6 Å². The van der Waals surface area contributed by atoms with Crippen LogP contribution in [0.1, 0.15) is 12.8 Å². The molecule has 0 aliphatic rings. The Morgan fingerprint density at radius 1 is 1.29 bits per heavy atom. The van der Waals surface area contributed by atoms with Crippen LogP contribution in [0.3, 0.4) is 0 Å². The SMILES string of the molecule is O=C(O)CCC(NC(=O)Cn1ccc(=O)[nH]c1=O)C(=O)O. The van der Waals surface area contributed by atoms with Gasteiger partial charge in [-0.15, -0.1) is 0 Å². The van der Waals surface area contributed by atoms with Gasteiger partial charge in [-0.3, -0.25) is 23.9 Å². The fourth-order valence-electron chi connectivity index (χ4n) is 1.49. The van der Waals surface area contributed by atoms with E-state index >= 15 is 0 Å². The monoisotopic (exact) mass is 299 g/mol. The van der Waals surface area contributed by atoms with Gasteiger partial charge in [0.2, 0.25) is 5.91 Å². The molecule has 10 heteroatoms. The third-order valence-corrected chi connectivity index (χ3v) is 2.49. The molecule has 1 heterocycles. The van der Waals surface area contributed by atoms with Crippen LogP contribution in [0, 0.1) is 0 Å². The van der Waals surface area contributed by atoms with Gasteiger partial charge in [-0.1, -0.05) is 0 Å². The molecule has 0 aliphatic heterocycles. The third kappa shape index (κ3) is 5.30. The van der Waals surface area contributed by atoms with Gasteiger partial charge in [0, 0.05) is 18.7 Å². The van der Waals surface area contributed by atoms with Gasteiger partial charge < -0.3 is 15.5 Å². The number of carboxylic acids is 2. The molecule has 0 fully saturated rings. The average molecular weight is 299 g/mol. The van der Waals surface area contributed by atoms with E-state index in [1.54, 1.807) is 0 Å². The normalized spacial score (nSPS) is 11.6. The van der Waals surface area contributed by atoms with E-state index < -0.39 is 48.1 Å². The van der Waals surface area contributed by atoms with Crippen LogP contribution in [0.25, 0.3) is 0 Å². The van der Waals surface area contributed by atoms with Crippen LogP contribution in [0.15, 0.2) is 21.9 Å². The summed E-state index contributed by atoms with van der Waals surface area (Å²) in [4.78, 5) is 57.0. The molecule has 0 aliphatic carbocycles. The standard InChI is InChI=1S/C11H13N3O7/c15-7-3-4-14(11(21)13-7)5-8(16)12-6(10(19)20)1-2-9(17)18/h3-4,6H,1-2,5H2,(H,12,16)(H,17,18)(H,19,20)(H,13,15,21). The minimum absolute atomic E-state index is 0.281. The maximum atomic E-state index is 11.6. The number of aliphatic carboxylic acids is 2. The van der Waals surface area contributed by atoms with Crippen LogP contribution < -0.4 is 16.6 Å². The molecule has 1 rings (SSSR count). The van der Waals surface area contributed by atoms with Crippen molar-refractivity contribution in [2.24, 2.45) is 0 Å². The molecule has 0 saturated heterocycles. The number of rotatable bonds is 7. The Balaban J connectivity index is 2.69. The van der Waals surface area contributed by atoms with Gasteiger partial charge in [0.05, 0.1) is 0 Å². The molecule has 0 spiro atoms. The number of aromatic nitrogens is 2. The molecule has 0 saturated carbocycles. The lowest BCUT2D eigenvalue weighted by Crippen LogP contribution is -2.44. The van der Waals surface area contributed by atoms with E-state index in [9.17, 15) is 24.0 Å². The van der Waals surface area contributed by atoms with Crippen LogP contribution >= 0.6 is 0 Å². The molecular weight excluding hydrogens is 286 g/mol. The zero-order chi connectivity index (χ0) is 16.0. The molecule has 10 nitrogen and oxygen atoms in total. The van der Waals surface area contributed by atoms with Crippen molar-refractivity contribution in [2.45, 2.75) is 25.4 Å². The molecular formula is C11H13N3O7. The molecule has 4 N–H and O–H groups in total. The van der Waals surface area contributed by atoms with Gasteiger partial charge in [-0.25, -0.2) is 9.59 Å². The fourth-order valence-corrected chi connectivity index (χ4v) is 1.49. The molecule has 114 valence electrons. The maximum absolute atomic E-state index is 11.6. The Hall–Kier alpha value is -2.91. The highest BCUT2D eigenvalue weighted by Gasteiger charge is 2.21. The molecule has 1 aromatic heterocycles. The highest BCUT2D eigenvalue weighted by molar-refractivity contribution is 5.83. The summed E-state index contributed by atoms with van der Waals surface area (Å²) in [6, 6.07) is -0.333. The van der Waals surface area contributed by atoms with E-state index in [0.29, 0.717) is 0 Å². The molecule has 0 bridgehead atoms. The molecule has 1 atom stereocenters. The second kappa shape index (κ2) is 7.03. The molecule has 0 aromatic carbocycles. The number of carbonyl (C=O) groups excluding carboxylic acids is 1. The van der Waals surface area contributed by atoms with Gasteiger partial charge in [0.1, 0.15) is 12.6 Å². The smallest absolute Gasteiger partial charge is 0.328 e. The first-order chi connectivity index (χ1) is 9.79. The molecule has 1 aromatic rings. The Labute approximate surface area is 117 Å². The minimum atomic E-state index is -1.38. The molecule has 1 unspecified atom stereocenters. The number of nitrogens with one attached hydrogen (secondary N) is 2. The number of nitrogens with zero attached hydrogens (tertiary/aromatic N) is 1. The second-order valence-electron chi connectivity index (χ2n) is 4.13. The molecule has 1 amide bonds. The van der Waals surface area contributed by atoms with Crippen molar-refractivity contribution in [2.75, 3.05) is 0 Å².